The maximum absolute atomic E-state index is 5.75. The van der Waals surface area contributed by atoms with Gasteiger partial charge >= 0.3 is 0 Å². The summed E-state index contributed by atoms with van der Waals surface area (Å²) >= 11 is 0. The van der Waals surface area contributed by atoms with Gasteiger partial charge in [-0.1, -0.05) is 0 Å². The molecule has 0 spiro atoms. The van der Waals surface area contributed by atoms with Crippen LogP contribution in [0.2, 0.25) is 0 Å². The molecule has 0 saturated heterocycles. The third kappa shape index (κ3) is 1.95. The topological polar surface area (TPSA) is 47.0 Å². The lowest BCUT2D eigenvalue weighted by atomic mass is 10.1. The Labute approximate surface area is 89.1 Å². The van der Waals surface area contributed by atoms with E-state index in [1.165, 1.54) is 18.4 Å². The first-order valence-electron chi connectivity index (χ1n) is 5.60. The molecule has 0 aromatic carbocycles. The van der Waals surface area contributed by atoms with Gasteiger partial charge in [-0.3, -0.25) is 0 Å². The summed E-state index contributed by atoms with van der Waals surface area (Å²) in [5.41, 5.74) is 2.30. The van der Waals surface area contributed by atoms with Crippen LogP contribution >= 0.6 is 0 Å². The van der Waals surface area contributed by atoms with Crippen LogP contribution in [-0.2, 0) is 13.0 Å². The molecule has 4 heteroatoms. The van der Waals surface area contributed by atoms with Gasteiger partial charge in [0.05, 0.1) is 12.3 Å². The van der Waals surface area contributed by atoms with E-state index in [0.29, 0.717) is 0 Å². The third-order valence-electron chi connectivity index (χ3n) is 2.99. The molecule has 0 amide bonds. The molecule has 2 aliphatic rings. The van der Waals surface area contributed by atoms with Crippen LogP contribution < -0.4 is 10.1 Å². The predicted molar refractivity (Wildman–Crippen MR) is 55.7 cm³/mol. The molecule has 0 bridgehead atoms. The zero-order valence-electron chi connectivity index (χ0n) is 8.70. The molecule has 15 heavy (non-hydrogen) atoms. The van der Waals surface area contributed by atoms with Gasteiger partial charge in [-0.15, -0.1) is 0 Å². The number of nitrogens with zero attached hydrogens (tertiary/aromatic N) is 2. The molecular weight excluding hydrogens is 190 g/mol. The smallest absolute Gasteiger partial charge is 0.219 e. The van der Waals surface area contributed by atoms with Crippen LogP contribution in [0.25, 0.3) is 0 Å². The van der Waals surface area contributed by atoms with Crippen molar-refractivity contribution in [3.05, 3.63) is 17.6 Å². The van der Waals surface area contributed by atoms with E-state index in [1.807, 2.05) is 0 Å². The minimum atomic E-state index is 0.775. The van der Waals surface area contributed by atoms with Gasteiger partial charge in [-0.2, -0.15) is 0 Å². The van der Waals surface area contributed by atoms with Gasteiger partial charge in [0.15, 0.2) is 0 Å². The zero-order valence-corrected chi connectivity index (χ0v) is 8.70. The quantitative estimate of drug-likeness (QED) is 0.796. The molecule has 2 heterocycles. The largest absolute Gasteiger partial charge is 0.477 e. The fraction of sp³-hybridized carbons (Fsp3) is 0.636. The predicted octanol–water partition coefficient (Wildman–Crippen LogP) is 0.911. The summed E-state index contributed by atoms with van der Waals surface area (Å²) in [5.74, 6) is 1.59. The van der Waals surface area contributed by atoms with E-state index in [1.54, 1.807) is 6.33 Å². The first kappa shape index (κ1) is 9.09. The lowest BCUT2D eigenvalue weighted by Crippen LogP contribution is -2.25. The highest BCUT2D eigenvalue weighted by Crippen LogP contribution is 2.30. The van der Waals surface area contributed by atoms with Crippen molar-refractivity contribution in [2.45, 2.75) is 25.8 Å². The normalized spacial score (nSPS) is 19.7. The van der Waals surface area contributed by atoms with Gasteiger partial charge in [0.25, 0.3) is 0 Å². The zero-order chi connectivity index (χ0) is 10.1. The molecule has 0 atom stereocenters. The molecule has 1 aliphatic carbocycles. The summed E-state index contributed by atoms with van der Waals surface area (Å²) in [6, 6.07) is 0. The summed E-state index contributed by atoms with van der Waals surface area (Å²) < 4.78 is 5.75. The van der Waals surface area contributed by atoms with Crippen LogP contribution in [0.5, 0.6) is 5.88 Å². The second-order valence-corrected chi connectivity index (χ2v) is 4.29. The van der Waals surface area contributed by atoms with E-state index in [2.05, 4.69) is 15.3 Å². The van der Waals surface area contributed by atoms with E-state index in [4.69, 9.17) is 4.74 Å². The van der Waals surface area contributed by atoms with Crippen molar-refractivity contribution in [3.8, 4) is 5.88 Å². The van der Waals surface area contributed by atoms with Crippen molar-refractivity contribution in [1.29, 1.82) is 0 Å². The number of aromatic nitrogens is 2. The monoisotopic (exact) mass is 205 g/mol. The van der Waals surface area contributed by atoms with E-state index < -0.39 is 0 Å². The maximum Gasteiger partial charge on any atom is 0.219 e. The molecule has 0 unspecified atom stereocenters. The Morgan fingerprint density at radius 1 is 1.40 bits per heavy atom. The average molecular weight is 205 g/mol. The van der Waals surface area contributed by atoms with E-state index in [0.717, 1.165) is 43.6 Å². The molecule has 80 valence electrons. The molecule has 1 saturated carbocycles. The SMILES string of the molecule is c1nc2c(c(OCC3CC3)n1)CCNC2. The van der Waals surface area contributed by atoms with Crippen molar-refractivity contribution >= 4 is 0 Å². The first-order valence-corrected chi connectivity index (χ1v) is 5.60. The third-order valence-corrected chi connectivity index (χ3v) is 2.99. The minimum Gasteiger partial charge on any atom is -0.477 e. The lowest BCUT2D eigenvalue weighted by molar-refractivity contribution is 0.282. The van der Waals surface area contributed by atoms with Crippen molar-refractivity contribution in [3.63, 3.8) is 0 Å². The second kappa shape index (κ2) is 3.77. The fourth-order valence-corrected chi connectivity index (χ4v) is 1.86. The molecule has 1 aromatic heterocycles. The molecule has 1 fully saturated rings. The second-order valence-electron chi connectivity index (χ2n) is 4.29. The summed E-state index contributed by atoms with van der Waals surface area (Å²) in [6.07, 6.45) is 5.22. The van der Waals surface area contributed by atoms with Crippen LogP contribution in [0, 0.1) is 5.92 Å². The number of hydrogen-bond donors (Lipinski definition) is 1. The molecule has 1 aromatic rings. The molecule has 4 nitrogen and oxygen atoms in total. The number of hydrogen-bond acceptors (Lipinski definition) is 4. The van der Waals surface area contributed by atoms with Crippen LogP contribution in [0.3, 0.4) is 0 Å². The van der Waals surface area contributed by atoms with Crippen molar-refractivity contribution in [2.75, 3.05) is 13.2 Å². The molecule has 3 rings (SSSR count). The average Bonchev–Trinajstić information content (AvgIpc) is 3.10. The van der Waals surface area contributed by atoms with E-state index in [9.17, 15) is 0 Å². The van der Waals surface area contributed by atoms with Crippen LogP contribution in [0.4, 0.5) is 0 Å². The summed E-state index contributed by atoms with van der Waals surface area (Å²) in [6.45, 7) is 2.68. The highest BCUT2D eigenvalue weighted by Gasteiger charge is 2.23. The summed E-state index contributed by atoms with van der Waals surface area (Å²) in [7, 11) is 0. The maximum atomic E-state index is 5.75. The summed E-state index contributed by atoms with van der Waals surface area (Å²) in [4.78, 5) is 8.50. The van der Waals surface area contributed by atoms with Gasteiger partial charge < -0.3 is 10.1 Å². The standard InChI is InChI=1S/C11H15N3O/c1-2-8(1)6-15-11-9-3-4-12-5-10(9)13-7-14-11/h7-8,12H,1-6H2. The number of fused-ring (bicyclic) bond motifs is 1. The molecule has 0 radical (unpaired) electrons. The Hall–Kier alpha value is -1.16. The van der Waals surface area contributed by atoms with Gasteiger partial charge in [0.2, 0.25) is 5.88 Å². The van der Waals surface area contributed by atoms with Crippen LogP contribution in [0.1, 0.15) is 24.1 Å². The number of rotatable bonds is 3. The van der Waals surface area contributed by atoms with Crippen LogP contribution in [-0.4, -0.2) is 23.1 Å². The molecular formula is C11H15N3O. The Kier molecular flexibility index (Phi) is 2.29. The van der Waals surface area contributed by atoms with E-state index in [-0.39, 0.29) is 0 Å². The van der Waals surface area contributed by atoms with Gasteiger partial charge in [0, 0.05) is 12.1 Å². The van der Waals surface area contributed by atoms with Gasteiger partial charge in [-0.05, 0) is 31.7 Å². The van der Waals surface area contributed by atoms with Crippen molar-refractivity contribution in [1.82, 2.24) is 15.3 Å². The minimum absolute atomic E-state index is 0.775. The Balaban J connectivity index is 1.79. The fourth-order valence-electron chi connectivity index (χ4n) is 1.86. The van der Waals surface area contributed by atoms with Crippen LogP contribution in [0.15, 0.2) is 6.33 Å². The lowest BCUT2D eigenvalue weighted by Gasteiger charge is -2.18. The van der Waals surface area contributed by atoms with E-state index >= 15 is 0 Å². The molecule has 1 N–H and O–H groups in total. The van der Waals surface area contributed by atoms with Gasteiger partial charge in [-0.25, -0.2) is 9.97 Å². The van der Waals surface area contributed by atoms with Crippen molar-refractivity contribution in [2.24, 2.45) is 5.92 Å². The summed E-state index contributed by atoms with van der Waals surface area (Å²) in [5, 5.41) is 3.30. The van der Waals surface area contributed by atoms with Gasteiger partial charge in [0.1, 0.15) is 6.33 Å². The number of ether oxygens (including phenoxy) is 1. The Morgan fingerprint density at radius 2 is 2.33 bits per heavy atom. The van der Waals surface area contributed by atoms with Crippen molar-refractivity contribution < 1.29 is 4.74 Å². The number of nitrogens with one attached hydrogen (secondary N) is 1. The Morgan fingerprint density at radius 3 is 3.20 bits per heavy atom. The Bertz CT molecular complexity index is 363. The molecule has 1 aliphatic heterocycles. The first-order chi connectivity index (χ1) is 7.43. The highest BCUT2D eigenvalue weighted by molar-refractivity contribution is 5.31. The highest BCUT2D eigenvalue weighted by atomic mass is 16.5.